The molecule has 0 radical (unpaired) electrons. The molecule has 0 saturated carbocycles. The summed E-state index contributed by atoms with van der Waals surface area (Å²) in [5.74, 6) is -2.35. The molecule has 1 atom stereocenters. The Balaban J connectivity index is 2.48. The van der Waals surface area contributed by atoms with Gasteiger partial charge in [-0.05, 0) is 0 Å². The van der Waals surface area contributed by atoms with E-state index in [1.807, 2.05) is 0 Å². The molecule has 1 aliphatic rings. The molecule has 0 aromatic heterocycles. The number of aliphatic hydroxyl groups excluding tert-OH is 1. The van der Waals surface area contributed by atoms with Crippen molar-refractivity contribution >= 4 is 17.8 Å². The average Bonchev–Trinajstić information content (AvgIpc) is 2.01. The summed E-state index contributed by atoms with van der Waals surface area (Å²) < 4.78 is 0. The number of carboxylic acid groups (broad SMARTS) is 1. The molecule has 1 rings (SSSR count). The average molecular weight is 202 g/mol. The van der Waals surface area contributed by atoms with E-state index in [-0.39, 0.29) is 19.6 Å². The first-order valence-electron chi connectivity index (χ1n) is 3.95. The van der Waals surface area contributed by atoms with Crippen molar-refractivity contribution in [3.63, 3.8) is 0 Å². The summed E-state index contributed by atoms with van der Waals surface area (Å²) in [6, 6.07) is 0. The lowest BCUT2D eigenvalue weighted by Crippen LogP contribution is -2.53. The highest BCUT2D eigenvalue weighted by Gasteiger charge is 2.26. The van der Waals surface area contributed by atoms with E-state index in [0.29, 0.717) is 0 Å². The van der Waals surface area contributed by atoms with Gasteiger partial charge in [-0.1, -0.05) is 0 Å². The Morgan fingerprint density at radius 3 is 2.36 bits per heavy atom. The number of piperazine rings is 1. The molecule has 14 heavy (non-hydrogen) atoms. The number of amides is 2. The largest absolute Gasteiger partial charge is 0.479 e. The molecule has 0 spiro atoms. The highest BCUT2D eigenvalue weighted by Crippen LogP contribution is 1.97. The quantitative estimate of drug-likeness (QED) is 0.433. The second-order valence-corrected chi connectivity index (χ2v) is 3.00. The minimum atomic E-state index is -1.58. The van der Waals surface area contributed by atoms with E-state index in [4.69, 9.17) is 10.2 Å². The number of aliphatic carboxylic acids is 1. The van der Waals surface area contributed by atoms with Crippen LogP contribution in [0.1, 0.15) is 0 Å². The van der Waals surface area contributed by atoms with Crippen LogP contribution in [-0.4, -0.2) is 58.6 Å². The van der Waals surface area contributed by atoms with Gasteiger partial charge in [0.05, 0.1) is 13.1 Å². The van der Waals surface area contributed by atoms with Crippen LogP contribution in [0.2, 0.25) is 0 Å². The molecule has 0 bridgehead atoms. The van der Waals surface area contributed by atoms with Crippen LogP contribution in [0, 0.1) is 0 Å². The van der Waals surface area contributed by atoms with E-state index in [0.717, 1.165) is 0 Å². The first-order valence-corrected chi connectivity index (χ1v) is 3.95. The van der Waals surface area contributed by atoms with Crippen molar-refractivity contribution in [1.29, 1.82) is 0 Å². The molecular formula is C7H10N2O5. The minimum absolute atomic E-state index is 0.0733. The van der Waals surface area contributed by atoms with Gasteiger partial charge in [0.25, 0.3) is 0 Å². The van der Waals surface area contributed by atoms with Crippen molar-refractivity contribution in [2.45, 2.75) is 6.10 Å². The lowest BCUT2D eigenvalue weighted by atomic mass is 10.3. The van der Waals surface area contributed by atoms with Gasteiger partial charge in [0.15, 0.2) is 6.10 Å². The lowest BCUT2D eigenvalue weighted by molar-refractivity contribution is -0.149. The van der Waals surface area contributed by atoms with Crippen molar-refractivity contribution < 1.29 is 24.6 Å². The number of carboxylic acids is 1. The Kier molecular flexibility index (Phi) is 3.15. The number of nitrogens with zero attached hydrogens (tertiary/aromatic N) is 1. The summed E-state index contributed by atoms with van der Waals surface area (Å²) in [6.07, 6.45) is -1.58. The molecule has 0 aromatic carbocycles. The summed E-state index contributed by atoms with van der Waals surface area (Å²) in [6.45, 7) is -0.374. The predicted octanol–water partition coefficient (Wildman–Crippen LogP) is -2.61. The first kappa shape index (κ1) is 10.6. The van der Waals surface area contributed by atoms with Crippen molar-refractivity contribution in [2.24, 2.45) is 0 Å². The molecule has 1 fully saturated rings. The van der Waals surface area contributed by atoms with Crippen molar-refractivity contribution in [2.75, 3.05) is 19.6 Å². The second-order valence-electron chi connectivity index (χ2n) is 3.00. The minimum Gasteiger partial charge on any atom is -0.479 e. The first-order chi connectivity index (χ1) is 6.49. The van der Waals surface area contributed by atoms with Crippen LogP contribution in [0.4, 0.5) is 0 Å². The van der Waals surface area contributed by atoms with Gasteiger partial charge < -0.3 is 10.2 Å². The molecule has 78 valence electrons. The Bertz CT molecular complexity index is 261. The highest BCUT2D eigenvalue weighted by molar-refractivity contribution is 5.99. The summed E-state index contributed by atoms with van der Waals surface area (Å²) in [5, 5.41) is 19.4. The van der Waals surface area contributed by atoms with Gasteiger partial charge >= 0.3 is 5.97 Å². The van der Waals surface area contributed by atoms with Crippen LogP contribution in [0.3, 0.4) is 0 Å². The third kappa shape index (κ3) is 2.79. The molecule has 0 aliphatic carbocycles. The van der Waals surface area contributed by atoms with Gasteiger partial charge in [-0.25, -0.2) is 4.79 Å². The number of nitrogens with one attached hydrogen (secondary N) is 1. The molecule has 1 aliphatic heterocycles. The van der Waals surface area contributed by atoms with E-state index in [1.54, 1.807) is 0 Å². The molecule has 3 N–H and O–H groups in total. The van der Waals surface area contributed by atoms with Crippen LogP contribution >= 0.6 is 0 Å². The SMILES string of the molecule is O=C1CN(CC(O)C(=O)O)CC(=O)N1. The van der Waals surface area contributed by atoms with Crippen molar-refractivity contribution in [3.8, 4) is 0 Å². The maximum absolute atomic E-state index is 10.8. The number of carbonyl (C=O) groups is 3. The van der Waals surface area contributed by atoms with Crippen LogP contribution in [0.25, 0.3) is 0 Å². The van der Waals surface area contributed by atoms with E-state index in [1.165, 1.54) is 4.90 Å². The molecule has 1 heterocycles. The van der Waals surface area contributed by atoms with Crippen LogP contribution in [-0.2, 0) is 14.4 Å². The van der Waals surface area contributed by atoms with Gasteiger partial charge in [0.2, 0.25) is 11.8 Å². The van der Waals surface area contributed by atoms with Crippen molar-refractivity contribution in [1.82, 2.24) is 10.2 Å². The fourth-order valence-corrected chi connectivity index (χ4v) is 1.15. The van der Waals surface area contributed by atoms with Crippen molar-refractivity contribution in [3.05, 3.63) is 0 Å². The third-order valence-corrected chi connectivity index (χ3v) is 1.73. The van der Waals surface area contributed by atoms with Crippen LogP contribution < -0.4 is 5.32 Å². The number of rotatable bonds is 3. The highest BCUT2D eigenvalue weighted by atomic mass is 16.4. The number of carbonyl (C=O) groups excluding carboxylic acids is 2. The molecule has 0 aromatic rings. The topological polar surface area (TPSA) is 107 Å². The molecule has 1 unspecified atom stereocenters. The molecule has 1 saturated heterocycles. The molecule has 2 amide bonds. The maximum Gasteiger partial charge on any atom is 0.333 e. The second kappa shape index (κ2) is 4.16. The summed E-state index contributed by atoms with van der Waals surface area (Å²) in [4.78, 5) is 33.2. The summed E-state index contributed by atoms with van der Waals surface area (Å²) >= 11 is 0. The van der Waals surface area contributed by atoms with Crippen LogP contribution in [0.15, 0.2) is 0 Å². The zero-order valence-corrected chi connectivity index (χ0v) is 7.27. The number of hydrogen-bond donors (Lipinski definition) is 3. The number of hydrogen-bond acceptors (Lipinski definition) is 5. The Hall–Kier alpha value is -1.47. The van der Waals surface area contributed by atoms with E-state index in [9.17, 15) is 14.4 Å². The Labute approximate surface area is 79.3 Å². The standard InChI is InChI=1S/C7H10N2O5/c10-4(7(13)14)1-9-2-5(11)8-6(12)3-9/h4,10H,1-3H2,(H,13,14)(H,8,11,12). The smallest absolute Gasteiger partial charge is 0.333 e. The zero-order valence-electron chi connectivity index (χ0n) is 7.27. The third-order valence-electron chi connectivity index (χ3n) is 1.73. The predicted molar refractivity (Wildman–Crippen MR) is 43.2 cm³/mol. The van der Waals surface area contributed by atoms with Gasteiger partial charge in [0.1, 0.15) is 0 Å². The normalized spacial score (nSPS) is 20.4. The number of imide groups is 1. The summed E-state index contributed by atoms with van der Waals surface area (Å²) in [7, 11) is 0. The number of β-amino-alcohol motifs (C(OH)–C–C–N with tert-alkyl or cyclic N) is 1. The lowest BCUT2D eigenvalue weighted by Gasteiger charge is -2.25. The summed E-state index contributed by atoms with van der Waals surface area (Å²) in [5.41, 5.74) is 0. The van der Waals surface area contributed by atoms with Crippen LogP contribution in [0.5, 0.6) is 0 Å². The van der Waals surface area contributed by atoms with Gasteiger partial charge in [-0.15, -0.1) is 0 Å². The molecule has 7 nitrogen and oxygen atoms in total. The van der Waals surface area contributed by atoms with Gasteiger partial charge in [-0.2, -0.15) is 0 Å². The Morgan fingerprint density at radius 2 is 1.93 bits per heavy atom. The molecule has 7 heteroatoms. The number of aliphatic hydroxyl groups is 1. The Morgan fingerprint density at radius 1 is 1.43 bits per heavy atom. The maximum atomic E-state index is 10.8. The molecular weight excluding hydrogens is 192 g/mol. The monoisotopic (exact) mass is 202 g/mol. The van der Waals surface area contributed by atoms with Gasteiger partial charge in [0, 0.05) is 6.54 Å². The van der Waals surface area contributed by atoms with E-state index in [2.05, 4.69) is 5.32 Å². The van der Waals surface area contributed by atoms with Gasteiger partial charge in [-0.3, -0.25) is 19.8 Å². The zero-order chi connectivity index (χ0) is 10.7. The fraction of sp³-hybridized carbons (Fsp3) is 0.571. The van der Waals surface area contributed by atoms with E-state index < -0.39 is 23.9 Å². The van der Waals surface area contributed by atoms with E-state index >= 15 is 0 Å². The fourth-order valence-electron chi connectivity index (χ4n) is 1.15.